The maximum Gasteiger partial charge on any atom is 0.336 e. The molecule has 27 heavy (non-hydrogen) atoms. The highest BCUT2D eigenvalue weighted by molar-refractivity contribution is 7.89. The van der Waals surface area contributed by atoms with Gasteiger partial charge in [-0.25, -0.2) is 17.9 Å². The average Bonchev–Trinajstić information content (AvgIpc) is 2.66. The molecule has 0 spiro atoms. The van der Waals surface area contributed by atoms with Gasteiger partial charge in [0, 0.05) is 23.1 Å². The molecular weight excluding hydrogens is 370 g/mol. The Morgan fingerprint density at radius 1 is 1.00 bits per heavy atom. The van der Waals surface area contributed by atoms with Gasteiger partial charge in [0.1, 0.15) is 17.1 Å². The van der Waals surface area contributed by atoms with Crippen LogP contribution in [0.3, 0.4) is 0 Å². The third-order valence-corrected chi connectivity index (χ3v) is 5.67. The predicted octanol–water partition coefficient (Wildman–Crippen LogP) is 2.85. The van der Waals surface area contributed by atoms with Gasteiger partial charge in [-0.2, -0.15) is 0 Å². The summed E-state index contributed by atoms with van der Waals surface area (Å²) in [7, 11) is -0.767. The second kappa shape index (κ2) is 7.42. The van der Waals surface area contributed by atoms with Crippen LogP contribution in [0.4, 0.5) is 0 Å². The summed E-state index contributed by atoms with van der Waals surface area (Å²) in [5.74, 6) is 1.14. The van der Waals surface area contributed by atoms with E-state index in [0.717, 1.165) is 0 Å². The van der Waals surface area contributed by atoms with Gasteiger partial charge in [0.15, 0.2) is 0 Å². The fraction of sp³-hybridized carbons (Fsp3) is 0.211. The summed E-state index contributed by atoms with van der Waals surface area (Å²) in [5.41, 5.74) is 0.478. The summed E-state index contributed by atoms with van der Waals surface area (Å²) in [6, 6.07) is 11.7. The number of fused-ring (bicyclic) bond motifs is 1. The standard InChI is InChI=1S/C19H19NO6S/c1-12(16-11-14(24-2)5-7-18(16)25-3)20-27(22,23)15-6-8-17-13(10-15)4-9-19(21)26-17/h4-12,20H,1-3H3. The van der Waals surface area contributed by atoms with Gasteiger partial charge in [0.2, 0.25) is 10.0 Å². The molecule has 1 N–H and O–H groups in total. The first-order valence-electron chi connectivity index (χ1n) is 8.12. The predicted molar refractivity (Wildman–Crippen MR) is 101 cm³/mol. The quantitative estimate of drug-likeness (QED) is 0.652. The molecule has 1 heterocycles. The monoisotopic (exact) mass is 389 g/mol. The SMILES string of the molecule is COc1ccc(OC)c(C(C)NS(=O)(=O)c2ccc3oc(=O)ccc3c2)c1. The van der Waals surface area contributed by atoms with Crippen LogP contribution in [0.25, 0.3) is 11.0 Å². The number of benzene rings is 2. The van der Waals surface area contributed by atoms with E-state index in [1.165, 1.54) is 44.6 Å². The van der Waals surface area contributed by atoms with E-state index in [1.54, 1.807) is 25.1 Å². The van der Waals surface area contributed by atoms with E-state index in [1.807, 2.05) is 0 Å². The number of sulfonamides is 1. The minimum absolute atomic E-state index is 0.0672. The molecule has 0 radical (unpaired) electrons. The Labute approximate surface area is 156 Å². The first kappa shape index (κ1) is 18.9. The smallest absolute Gasteiger partial charge is 0.336 e. The molecule has 1 unspecified atom stereocenters. The molecule has 142 valence electrons. The number of ether oxygens (including phenoxy) is 2. The first-order chi connectivity index (χ1) is 12.8. The summed E-state index contributed by atoms with van der Waals surface area (Å²) >= 11 is 0. The fourth-order valence-electron chi connectivity index (χ4n) is 2.76. The molecule has 0 aliphatic heterocycles. The Morgan fingerprint density at radius 2 is 1.78 bits per heavy atom. The van der Waals surface area contributed by atoms with Crippen molar-refractivity contribution >= 4 is 21.0 Å². The largest absolute Gasteiger partial charge is 0.497 e. The van der Waals surface area contributed by atoms with Crippen molar-refractivity contribution in [3.05, 3.63) is 64.5 Å². The van der Waals surface area contributed by atoms with E-state index in [2.05, 4.69) is 4.72 Å². The summed E-state index contributed by atoms with van der Waals surface area (Å²) in [5, 5.41) is 0.518. The molecule has 0 amide bonds. The molecule has 3 rings (SSSR count). The lowest BCUT2D eigenvalue weighted by Gasteiger charge is -2.18. The maximum absolute atomic E-state index is 12.8. The molecule has 0 saturated carbocycles. The van der Waals surface area contributed by atoms with Crippen molar-refractivity contribution in [2.75, 3.05) is 14.2 Å². The van der Waals surface area contributed by atoms with Gasteiger partial charge < -0.3 is 13.9 Å². The molecule has 8 heteroatoms. The second-order valence-corrected chi connectivity index (χ2v) is 7.62. The van der Waals surface area contributed by atoms with Crippen molar-refractivity contribution < 1.29 is 22.3 Å². The van der Waals surface area contributed by atoms with Crippen LogP contribution in [-0.2, 0) is 10.0 Å². The maximum atomic E-state index is 12.8. The van der Waals surface area contributed by atoms with Crippen LogP contribution >= 0.6 is 0 Å². The second-order valence-electron chi connectivity index (χ2n) is 5.90. The Hall–Kier alpha value is -2.84. The highest BCUT2D eigenvalue weighted by Crippen LogP contribution is 2.30. The van der Waals surface area contributed by atoms with Crippen molar-refractivity contribution in [2.45, 2.75) is 17.9 Å². The van der Waals surface area contributed by atoms with Crippen molar-refractivity contribution in [2.24, 2.45) is 0 Å². The Bertz CT molecular complexity index is 1140. The van der Waals surface area contributed by atoms with Gasteiger partial charge in [0.25, 0.3) is 0 Å². The van der Waals surface area contributed by atoms with Gasteiger partial charge in [0.05, 0.1) is 19.1 Å². The molecule has 7 nitrogen and oxygen atoms in total. The van der Waals surface area contributed by atoms with Crippen LogP contribution in [0.15, 0.2) is 62.6 Å². The highest BCUT2D eigenvalue weighted by Gasteiger charge is 2.21. The van der Waals surface area contributed by atoms with Gasteiger partial charge >= 0.3 is 5.63 Å². The van der Waals surface area contributed by atoms with Crippen LogP contribution < -0.4 is 19.8 Å². The lowest BCUT2D eigenvalue weighted by molar-refractivity contribution is 0.395. The van der Waals surface area contributed by atoms with Crippen molar-refractivity contribution in [1.29, 1.82) is 0 Å². The molecule has 0 aliphatic carbocycles. The van der Waals surface area contributed by atoms with Gasteiger partial charge in [-0.3, -0.25) is 0 Å². The molecule has 0 saturated heterocycles. The summed E-state index contributed by atoms with van der Waals surface area (Å²) in [4.78, 5) is 11.3. The van der Waals surface area contributed by atoms with Crippen molar-refractivity contribution in [3.8, 4) is 11.5 Å². The average molecular weight is 389 g/mol. The Kier molecular flexibility index (Phi) is 5.20. The van der Waals surface area contributed by atoms with Crippen LogP contribution in [-0.4, -0.2) is 22.6 Å². The number of hydrogen-bond acceptors (Lipinski definition) is 6. The molecule has 1 atom stereocenters. The third-order valence-electron chi connectivity index (χ3n) is 4.14. The minimum atomic E-state index is -3.82. The van der Waals surface area contributed by atoms with Gasteiger partial charge in [-0.05, 0) is 49.4 Å². The van der Waals surface area contributed by atoms with E-state index >= 15 is 0 Å². The number of nitrogens with one attached hydrogen (secondary N) is 1. The highest BCUT2D eigenvalue weighted by atomic mass is 32.2. The van der Waals surface area contributed by atoms with E-state index in [0.29, 0.717) is 28.0 Å². The van der Waals surface area contributed by atoms with E-state index in [-0.39, 0.29) is 4.90 Å². The Morgan fingerprint density at radius 3 is 2.48 bits per heavy atom. The lowest BCUT2D eigenvalue weighted by atomic mass is 10.1. The van der Waals surface area contributed by atoms with Gasteiger partial charge in [-0.1, -0.05) is 0 Å². The van der Waals surface area contributed by atoms with Crippen molar-refractivity contribution in [1.82, 2.24) is 4.72 Å². The number of hydrogen-bond donors (Lipinski definition) is 1. The number of methoxy groups -OCH3 is 2. The van der Waals surface area contributed by atoms with Crippen LogP contribution in [0, 0.1) is 0 Å². The fourth-order valence-corrected chi connectivity index (χ4v) is 4.02. The van der Waals surface area contributed by atoms with Crippen LogP contribution in [0.5, 0.6) is 11.5 Å². The molecule has 0 aliphatic rings. The molecule has 0 fully saturated rings. The van der Waals surface area contributed by atoms with Gasteiger partial charge in [-0.15, -0.1) is 0 Å². The zero-order valence-corrected chi connectivity index (χ0v) is 15.9. The normalized spacial score (nSPS) is 12.7. The molecule has 1 aromatic heterocycles. The topological polar surface area (TPSA) is 94.8 Å². The Balaban J connectivity index is 1.94. The summed E-state index contributed by atoms with van der Waals surface area (Å²) < 4.78 is 43.8. The minimum Gasteiger partial charge on any atom is -0.497 e. The van der Waals surface area contributed by atoms with E-state index < -0.39 is 21.7 Å². The van der Waals surface area contributed by atoms with E-state index in [4.69, 9.17) is 13.9 Å². The van der Waals surface area contributed by atoms with Crippen molar-refractivity contribution in [3.63, 3.8) is 0 Å². The number of rotatable bonds is 6. The third kappa shape index (κ3) is 3.96. The molecule has 2 aromatic carbocycles. The summed E-state index contributed by atoms with van der Waals surface area (Å²) in [6.45, 7) is 1.72. The molecular formula is C19H19NO6S. The zero-order chi connectivity index (χ0) is 19.6. The van der Waals surface area contributed by atoms with Crippen LogP contribution in [0.2, 0.25) is 0 Å². The van der Waals surface area contributed by atoms with Crippen LogP contribution in [0.1, 0.15) is 18.5 Å². The molecule has 0 bridgehead atoms. The lowest BCUT2D eigenvalue weighted by Crippen LogP contribution is -2.27. The first-order valence-corrected chi connectivity index (χ1v) is 9.60. The van der Waals surface area contributed by atoms with E-state index in [9.17, 15) is 13.2 Å². The summed E-state index contributed by atoms with van der Waals surface area (Å²) in [6.07, 6.45) is 0. The molecule has 3 aromatic rings. The zero-order valence-electron chi connectivity index (χ0n) is 15.1.